The van der Waals surface area contributed by atoms with Gasteiger partial charge in [-0.15, -0.1) is 0 Å². The number of amides is 1. The Morgan fingerprint density at radius 1 is 0.800 bits per heavy atom. The number of hydrogen-bond acceptors (Lipinski definition) is 4. The van der Waals surface area contributed by atoms with Gasteiger partial charge in [0.05, 0.1) is 0 Å². The Labute approximate surface area is 180 Å². The number of hydrogen-bond donors (Lipinski definition) is 4. The van der Waals surface area contributed by atoms with E-state index in [1.165, 1.54) is 12.8 Å². The predicted octanol–water partition coefficient (Wildman–Crippen LogP) is 4.32. The lowest BCUT2D eigenvalue weighted by Gasteiger charge is -2.01. The number of rotatable bonds is 17. The second kappa shape index (κ2) is 22.9. The molecule has 0 radical (unpaired) electrons. The fraction of sp³-hybridized carbons (Fsp3) is 0.609. The van der Waals surface area contributed by atoms with E-state index in [4.69, 9.17) is 21.7 Å². The van der Waals surface area contributed by atoms with Crippen molar-refractivity contribution in [3.8, 4) is 0 Å². The molecule has 0 aliphatic carbocycles. The SMILES string of the molecule is CC/C=C\C/C=C\C/C=C\CCCCCCCC(=O)O.NC(=O)CCC(N)C(=O)O. The molecule has 6 N–H and O–H groups in total. The summed E-state index contributed by atoms with van der Waals surface area (Å²) in [7, 11) is 0. The van der Waals surface area contributed by atoms with Crippen LogP contribution in [0, 0.1) is 0 Å². The highest BCUT2D eigenvalue weighted by Crippen LogP contribution is 2.07. The normalized spacial score (nSPS) is 12.2. The molecule has 0 rings (SSSR count). The smallest absolute Gasteiger partial charge is 0.320 e. The number of carboxylic acids is 2. The average molecular weight is 425 g/mol. The molecule has 1 atom stereocenters. The van der Waals surface area contributed by atoms with E-state index in [1.807, 2.05) is 0 Å². The number of primary amides is 1. The summed E-state index contributed by atoms with van der Waals surface area (Å²) in [5.74, 6) is -2.32. The largest absolute Gasteiger partial charge is 0.481 e. The molecule has 0 aromatic heterocycles. The first kappa shape index (κ1) is 29.8. The van der Waals surface area contributed by atoms with E-state index >= 15 is 0 Å². The molecular formula is C23H40N2O5. The van der Waals surface area contributed by atoms with Gasteiger partial charge in [0, 0.05) is 12.8 Å². The summed E-state index contributed by atoms with van der Waals surface area (Å²) in [5, 5.41) is 16.7. The maximum atomic E-state index is 10.3. The highest BCUT2D eigenvalue weighted by atomic mass is 16.4. The van der Waals surface area contributed by atoms with Crippen LogP contribution in [0.3, 0.4) is 0 Å². The summed E-state index contributed by atoms with van der Waals surface area (Å²) >= 11 is 0. The lowest BCUT2D eigenvalue weighted by Crippen LogP contribution is -2.31. The fourth-order valence-corrected chi connectivity index (χ4v) is 2.32. The van der Waals surface area contributed by atoms with Gasteiger partial charge in [-0.3, -0.25) is 14.4 Å². The van der Waals surface area contributed by atoms with Crippen molar-refractivity contribution in [3.05, 3.63) is 36.5 Å². The zero-order valence-corrected chi connectivity index (χ0v) is 18.3. The van der Waals surface area contributed by atoms with Crippen LogP contribution in [0.5, 0.6) is 0 Å². The molecule has 0 fully saturated rings. The third kappa shape index (κ3) is 27.8. The number of carbonyl (C=O) groups excluding carboxylic acids is 1. The van der Waals surface area contributed by atoms with Gasteiger partial charge < -0.3 is 21.7 Å². The average Bonchev–Trinajstić information content (AvgIpc) is 2.69. The summed E-state index contributed by atoms with van der Waals surface area (Å²) in [6.07, 6.45) is 23.5. The molecular weight excluding hydrogens is 384 g/mol. The van der Waals surface area contributed by atoms with Crippen molar-refractivity contribution in [2.45, 2.75) is 90.0 Å². The topological polar surface area (TPSA) is 144 Å². The van der Waals surface area contributed by atoms with Gasteiger partial charge in [0.25, 0.3) is 0 Å². The maximum absolute atomic E-state index is 10.3. The van der Waals surface area contributed by atoms with Crippen molar-refractivity contribution >= 4 is 17.8 Å². The Hall–Kier alpha value is -2.41. The van der Waals surface area contributed by atoms with Crippen LogP contribution in [0.1, 0.15) is 84.0 Å². The first-order valence-corrected chi connectivity index (χ1v) is 10.7. The lowest BCUT2D eigenvalue weighted by atomic mass is 10.1. The first-order chi connectivity index (χ1) is 14.3. The molecule has 0 aromatic rings. The summed E-state index contributed by atoms with van der Waals surface area (Å²) < 4.78 is 0. The minimum atomic E-state index is -1.11. The highest BCUT2D eigenvalue weighted by molar-refractivity contribution is 5.76. The third-order valence-corrected chi connectivity index (χ3v) is 4.06. The van der Waals surface area contributed by atoms with E-state index in [2.05, 4.69) is 43.4 Å². The summed E-state index contributed by atoms with van der Waals surface area (Å²) in [4.78, 5) is 30.4. The van der Waals surface area contributed by atoms with Crippen molar-refractivity contribution in [2.75, 3.05) is 0 Å². The van der Waals surface area contributed by atoms with Crippen LogP contribution in [0.4, 0.5) is 0 Å². The van der Waals surface area contributed by atoms with E-state index in [1.54, 1.807) is 0 Å². The van der Waals surface area contributed by atoms with Gasteiger partial charge in [0.1, 0.15) is 6.04 Å². The van der Waals surface area contributed by atoms with Crippen molar-refractivity contribution in [2.24, 2.45) is 11.5 Å². The van der Waals surface area contributed by atoms with Gasteiger partial charge in [-0.05, 0) is 44.9 Å². The fourth-order valence-electron chi connectivity index (χ4n) is 2.32. The van der Waals surface area contributed by atoms with E-state index < -0.39 is 23.9 Å². The number of unbranched alkanes of at least 4 members (excludes halogenated alkanes) is 5. The van der Waals surface area contributed by atoms with Crippen LogP contribution in [-0.2, 0) is 14.4 Å². The third-order valence-electron chi connectivity index (χ3n) is 4.06. The number of carboxylic acid groups (broad SMARTS) is 2. The summed E-state index contributed by atoms with van der Waals surface area (Å²) in [6.45, 7) is 2.15. The Morgan fingerprint density at radius 2 is 1.33 bits per heavy atom. The second-order valence-electron chi connectivity index (χ2n) is 6.94. The van der Waals surface area contributed by atoms with Gasteiger partial charge in [0.15, 0.2) is 0 Å². The quantitative estimate of drug-likeness (QED) is 0.202. The van der Waals surface area contributed by atoms with E-state index in [0.29, 0.717) is 6.42 Å². The molecule has 7 nitrogen and oxygen atoms in total. The van der Waals surface area contributed by atoms with Crippen molar-refractivity contribution in [1.82, 2.24) is 0 Å². The summed E-state index contributed by atoms with van der Waals surface area (Å²) in [5.41, 5.74) is 9.81. The molecule has 0 saturated carbocycles. The first-order valence-electron chi connectivity index (χ1n) is 10.7. The van der Waals surface area contributed by atoms with Crippen molar-refractivity contribution in [3.63, 3.8) is 0 Å². The van der Waals surface area contributed by atoms with Crippen LogP contribution in [-0.4, -0.2) is 34.1 Å². The van der Waals surface area contributed by atoms with Crippen LogP contribution in [0.2, 0.25) is 0 Å². The molecule has 0 bridgehead atoms. The van der Waals surface area contributed by atoms with Crippen LogP contribution >= 0.6 is 0 Å². The Morgan fingerprint density at radius 3 is 1.87 bits per heavy atom. The highest BCUT2D eigenvalue weighted by Gasteiger charge is 2.11. The van der Waals surface area contributed by atoms with Crippen LogP contribution in [0.25, 0.3) is 0 Å². The molecule has 0 aromatic carbocycles. The zero-order chi connectivity index (χ0) is 23.0. The van der Waals surface area contributed by atoms with Crippen LogP contribution < -0.4 is 11.5 Å². The van der Waals surface area contributed by atoms with Gasteiger partial charge in [0.2, 0.25) is 5.91 Å². The lowest BCUT2D eigenvalue weighted by molar-refractivity contribution is -0.139. The maximum Gasteiger partial charge on any atom is 0.320 e. The monoisotopic (exact) mass is 424 g/mol. The van der Waals surface area contributed by atoms with Gasteiger partial charge >= 0.3 is 11.9 Å². The predicted molar refractivity (Wildman–Crippen MR) is 121 cm³/mol. The van der Waals surface area contributed by atoms with E-state index in [0.717, 1.165) is 44.9 Å². The van der Waals surface area contributed by atoms with Gasteiger partial charge in [-0.2, -0.15) is 0 Å². The molecule has 1 unspecified atom stereocenters. The van der Waals surface area contributed by atoms with Crippen LogP contribution in [0.15, 0.2) is 36.5 Å². The standard InChI is InChI=1S/C18H30O2.C5H10N2O3/c1-2-3-4-5-6-7-8-9-10-11-12-13-14-15-16-17-18(19)20;6-3(5(9)10)1-2-4(7)8/h3-4,6-7,9-10H,2,5,8,11-17H2,1H3,(H,19,20);3H,1-2,6H2,(H2,7,8)(H,9,10)/b4-3-,7-6-,10-9-;. The molecule has 0 aliphatic heterocycles. The number of allylic oxidation sites excluding steroid dienone is 6. The molecule has 0 saturated heterocycles. The molecule has 30 heavy (non-hydrogen) atoms. The molecule has 0 heterocycles. The van der Waals surface area contributed by atoms with E-state index in [9.17, 15) is 14.4 Å². The zero-order valence-electron chi connectivity index (χ0n) is 18.3. The number of carbonyl (C=O) groups is 3. The molecule has 0 aliphatic rings. The van der Waals surface area contributed by atoms with Gasteiger partial charge in [-0.1, -0.05) is 62.6 Å². The van der Waals surface area contributed by atoms with E-state index in [-0.39, 0.29) is 12.8 Å². The molecule has 172 valence electrons. The molecule has 1 amide bonds. The Bertz CT molecular complexity index is 542. The number of nitrogens with two attached hydrogens (primary N) is 2. The second-order valence-corrected chi connectivity index (χ2v) is 6.94. The molecule has 7 heteroatoms. The minimum absolute atomic E-state index is 0.0213. The Balaban J connectivity index is 0. The number of aliphatic carboxylic acids is 2. The summed E-state index contributed by atoms with van der Waals surface area (Å²) in [6, 6.07) is -0.979. The molecule has 0 spiro atoms. The van der Waals surface area contributed by atoms with Crippen molar-refractivity contribution in [1.29, 1.82) is 0 Å². The van der Waals surface area contributed by atoms with Crippen molar-refractivity contribution < 1.29 is 24.6 Å². The minimum Gasteiger partial charge on any atom is -0.481 e. The Kier molecular flexibility index (Phi) is 22.7. The van der Waals surface area contributed by atoms with Gasteiger partial charge in [-0.25, -0.2) is 0 Å².